The van der Waals surface area contributed by atoms with Crippen LogP contribution in [0.25, 0.3) is 0 Å². The van der Waals surface area contributed by atoms with Gasteiger partial charge >= 0.3 is 0 Å². The lowest BCUT2D eigenvalue weighted by Crippen LogP contribution is -2.31. The molecule has 1 N–H and O–H groups in total. The molecule has 0 saturated heterocycles. The lowest BCUT2D eigenvalue weighted by Gasteiger charge is -2.24. The van der Waals surface area contributed by atoms with Crippen LogP contribution >= 0.6 is 12.4 Å². The highest BCUT2D eigenvalue weighted by atomic mass is 35.5. The Hall–Kier alpha value is -3.91. The number of pyridine rings is 1. The van der Waals surface area contributed by atoms with E-state index in [1.165, 1.54) is 11.2 Å². The number of hydrogen-bond acceptors (Lipinski definition) is 6. The van der Waals surface area contributed by atoms with Crippen molar-refractivity contribution < 1.29 is 19.1 Å². The molecule has 2 aromatic carbocycles. The second-order valence-electron chi connectivity index (χ2n) is 7.46. The van der Waals surface area contributed by atoms with Crippen molar-refractivity contribution in [2.75, 3.05) is 19.5 Å². The van der Waals surface area contributed by atoms with Gasteiger partial charge in [0.1, 0.15) is 0 Å². The standard InChI is InChI=1S/C25H24N4O4.ClH/c1-32-22-11-7-18(14-23(22)33-2)21-10-12-24(30)29(28-21)16-17-5-8-20(9-6-17)27-25(31)19-4-3-13-26-15-19;/h3-9,11,13-15H,10,12,16H2,1-2H3,(H,27,31);1H. The minimum absolute atomic E-state index is 0. The first kappa shape index (κ1) is 24.7. The summed E-state index contributed by atoms with van der Waals surface area (Å²) in [5.41, 5.74) is 3.75. The Balaban J connectivity index is 0.00000324. The van der Waals surface area contributed by atoms with Gasteiger partial charge in [0.25, 0.3) is 5.91 Å². The van der Waals surface area contributed by atoms with Crippen LogP contribution in [0.3, 0.4) is 0 Å². The van der Waals surface area contributed by atoms with Gasteiger partial charge < -0.3 is 14.8 Å². The fraction of sp³-hybridized carbons (Fsp3) is 0.200. The monoisotopic (exact) mass is 480 g/mol. The number of methoxy groups -OCH3 is 2. The van der Waals surface area contributed by atoms with Crippen LogP contribution in [0.1, 0.15) is 34.3 Å². The molecule has 1 aromatic heterocycles. The van der Waals surface area contributed by atoms with Crippen molar-refractivity contribution in [1.29, 1.82) is 0 Å². The van der Waals surface area contributed by atoms with Crippen molar-refractivity contribution in [2.24, 2.45) is 5.10 Å². The van der Waals surface area contributed by atoms with Crippen molar-refractivity contribution in [3.8, 4) is 11.5 Å². The highest BCUT2D eigenvalue weighted by molar-refractivity contribution is 6.05. The maximum Gasteiger partial charge on any atom is 0.257 e. The highest BCUT2D eigenvalue weighted by Gasteiger charge is 2.22. The van der Waals surface area contributed by atoms with E-state index in [0.717, 1.165) is 16.8 Å². The van der Waals surface area contributed by atoms with Crippen molar-refractivity contribution in [3.63, 3.8) is 0 Å². The minimum Gasteiger partial charge on any atom is -0.493 e. The van der Waals surface area contributed by atoms with E-state index in [0.29, 0.717) is 42.1 Å². The van der Waals surface area contributed by atoms with Crippen LogP contribution in [0.15, 0.2) is 72.1 Å². The predicted octanol–water partition coefficient (Wildman–Crippen LogP) is 4.30. The lowest BCUT2D eigenvalue weighted by atomic mass is 10.0. The van der Waals surface area contributed by atoms with Gasteiger partial charge in [0.05, 0.1) is 32.0 Å². The molecule has 0 radical (unpaired) electrons. The number of carbonyl (C=O) groups is 2. The van der Waals surface area contributed by atoms with Gasteiger partial charge in [-0.3, -0.25) is 14.6 Å². The predicted molar refractivity (Wildman–Crippen MR) is 132 cm³/mol. The fourth-order valence-electron chi connectivity index (χ4n) is 3.51. The van der Waals surface area contributed by atoms with E-state index in [1.807, 2.05) is 30.3 Å². The van der Waals surface area contributed by atoms with Gasteiger partial charge in [-0.1, -0.05) is 12.1 Å². The summed E-state index contributed by atoms with van der Waals surface area (Å²) in [6.45, 7) is 0.340. The van der Waals surface area contributed by atoms with E-state index in [9.17, 15) is 9.59 Å². The number of ether oxygens (including phenoxy) is 2. The van der Waals surface area contributed by atoms with Crippen LogP contribution < -0.4 is 14.8 Å². The van der Waals surface area contributed by atoms with Gasteiger partial charge in [0.2, 0.25) is 5.91 Å². The molecule has 3 aromatic rings. The Morgan fingerprint density at radius 1 is 1.03 bits per heavy atom. The van der Waals surface area contributed by atoms with E-state index in [2.05, 4.69) is 15.4 Å². The Kier molecular flexibility index (Phi) is 8.21. The number of hydrogen-bond donors (Lipinski definition) is 1. The van der Waals surface area contributed by atoms with Crippen molar-refractivity contribution >= 4 is 35.6 Å². The molecule has 8 nitrogen and oxygen atoms in total. The number of nitrogens with zero attached hydrogens (tertiary/aromatic N) is 3. The number of aromatic nitrogens is 1. The zero-order chi connectivity index (χ0) is 23.2. The molecule has 0 atom stereocenters. The molecule has 2 amide bonds. The van der Waals surface area contributed by atoms with Crippen molar-refractivity contribution in [3.05, 3.63) is 83.7 Å². The zero-order valence-electron chi connectivity index (χ0n) is 18.9. The first-order valence-electron chi connectivity index (χ1n) is 10.5. The van der Waals surface area contributed by atoms with Crippen molar-refractivity contribution in [1.82, 2.24) is 9.99 Å². The summed E-state index contributed by atoms with van der Waals surface area (Å²) >= 11 is 0. The molecule has 9 heteroatoms. The summed E-state index contributed by atoms with van der Waals surface area (Å²) in [6.07, 6.45) is 4.07. The van der Waals surface area contributed by atoms with Crippen LogP contribution in [0.4, 0.5) is 5.69 Å². The third kappa shape index (κ3) is 5.71. The molecule has 0 spiro atoms. The molecule has 0 bridgehead atoms. The molecular weight excluding hydrogens is 456 g/mol. The first-order chi connectivity index (χ1) is 16.1. The summed E-state index contributed by atoms with van der Waals surface area (Å²) in [5.74, 6) is 0.991. The smallest absolute Gasteiger partial charge is 0.257 e. The average Bonchev–Trinajstić information content (AvgIpc) is 2.86. The Morgan fingerprint density at radius 2 is 1.79 bits per heavy atom. The molecule has 0 aliphatic carbocycles. The lowest BCUT2D eigenvalue weighted by molar-refractivity contribution is -0.132. The van der Waals surface area contributed by atoms with E-state index in [4.69, 9.17) is 9.47 Å². The summed E-state index contributed by atoms with van der Waals surface area (Å²) in [4.78, 5) is 28.7. The van der Waals surface area contributed by atoms with Crippen LogP contribution in [-0.2, 0) is 11.3 Å². The molecule has 0 unspecified atom stereocenters. The Labute approximate surface area is 204 Å². The number of halogens is 1. The van der Waals surface area contributed by atoms with Crippen LogP contribution in [0.2, 0.25) is 0 Å². The fourth-order valence-corrected chi connectivity index (χ4v) is 3.51. The molecule has 0 saturated carbocycles. The number of rotatable bonds is 7. The molecule has 176 valence electrons. The van der Waals surface area contributed by atoms with Gasteiger partial charge in [-0.2, -0.15) is 5.10 Å². The quantitative estimate of drug-likeness (QED) is 0.544. The first-order valence-corrected chi connectivity index (χ1v) is 10.5. The van der Waals surface area contributed by atoms with Crippen molar-refractivity contribution in [2.45, 2.75) is 19.4 Å². The largest absolute Gasteiger partial charge is 0.493 e. The molecule has 34 heavy (non-hydrogen) atoms. The SMILES string of the molecule is COc1ccc(C2=NN(Cc3ccc(NC(=O)c4cccnc4)cc3)C(=O)CC2)cc1OC.Cl. The second kappa shape index (κ2) is 11.3. The molecule has 2 heterocycles. The minimum atomic E-state index is -0.230. The third-order valence-corrected chi connectivity index (χ3v) is 5.29. The van der Waals surface area contributed by atoms with E-state index in [-0.39, 0.29) is 24.2 Å². The maximum absolute atomic E-state index is 12.5. The normalized spacial score (nSPS) is 12.9. The van der Waals surface area contributed by atoms with Gasteiger partial charge in [-0.25, -0.2) is 5.01 Å². The Bertz CT molecular complexity index is 1180. The molecule has 4 rings (SSSR count). The number of carbonyl (C=O) groups excluding carboxylic acids is 2. The third-order valence-electron chi connectivity index (χ3n) is 5.29. The number of hydrazone groups is 1. The zero-order valence-corrected chi connectivity index (χ0v) is 19.7. The molecule has 1 aliphatic heterocycles. The molecule has 0 fully saturated rings. The molecule has 1 aliphatic rings. The van der Waals surface area contributed by atoms with E-state index >= 15 is 0 Å². The van der Waals surface area contributed by atoms with Gasteiger partial charge in [-0.05, 0) is 48.0 Å². The number of nitrogens with one attached hydrogen (secondary N) is 1. The maximum atomic E-state index is 12.5. The van der Waals surface area contributed by atoms with Crippen LogP contribution in [-0.4, -0.2) is 41.7 Å². The summed E-state index contributed by atoms with van der Waals surface area (Å²) in [6, 6.07) is 16.4. The van der Waals surface area contributed by atoms with Gasteiger partial charge in [0, 0.05) is 36.5 Å². The number of anilines is 1. The summed E-state index contributed by atoms with van der Waals surface area (Å²) in [7, 11) is 3.18. The summed E-state index contributed by atoms with van der Waals surface area (Å²) < 4.78 is 10.7. The average molecular weight is 481 g/mol. The van der Waals surface area contributed by atoms with E-state index in [1.54, 1.807) is 44.7 Å². The Morgan fingerprint density at radius 3 is 2.47 bits per heavy atom. The second-order valence-corrected chi connectivity index (χ2v) is 7.46. The van der Waals surface area contributed by atoms with Gasteiger partial charge in [-0.15, -0.1) is 12.4 Å². The molecular formula is C25H25ClN4O4. The van der Waals surface area contributed by atoms with Gasteiger partial charge in [0.15, 0.2) is 11.5 Å². The highest BCUT2D eigenvalue weighted by Crippen LogP contribution is 2.29. The topological polar surface area (TPSA) is 93.1 Å². The van der Waals surface area contributed by atoms with E-state index < -0.39 is 0 Å². The summed E-state index contributed by atoms with van der Waals surface area (Å²) in [5, 5.41) is 8.92. The number of benzene rings is 2. The van der Waals surface area contributed by atoms with Crippen LogP contribution in [0, 0.1) is 0 Å². The van der Waals surface area contributed by atoms with Crippen LogP contribution in [0.5, 0.6) is 11.5 Å². The number of amides is 2.